The third-order valence-corrected chi connectivity index (χ3v) is 0. The molecule has 0 bridgehead atoms. The first kappa shape index (κ1) is 16.2. The average Bonchev–Trinajstić information content (AvgIpc) is 1.00. The Bertz CT molecular complexity index is 8.00. The summed E-state index contributed by atoms with van der Waals surface area (Å²) in [5.41, 5.74) is 0. The fraction of sp³-hybridized carbons (Fsp3) is 0. The van der Waals surface area contributed by atoms with Crippen LogP contribution in [-0.2, 0) is 58.9 Å². The van der Waals surface area contributed by atoms with Crippen LogP contribution in [0.1, 0.15) is 0 Å². The van der Waals surface area contributed by atoms with E-state index in [0.717, 1.165) is 0 Å². The van der Waals surface area contributed by atoms with E-state index in [1.807, 2.05) is 19.9 Å². The van der Waals surface area contributed by atoms with E-state index in [0.29, 0.717) is 0 Å². The van der Waals surface area contributed by atoms with Crippen molar-refractivity contribution < 1.29 is 58.9 Å². The Morgan fingerprint density at radius 1 is 1.25 bits per heavy atom. The molecular formula is H2PPdTiV. The number of rotatable bonds is 0. The Hall–Kier alpha value is 2.39. The van der Waals surface area contributed by atoms with Crippen molar-refractivity contribution in [1.29, 1.82) is 0 Å². The molecule has 0 aromatic rings. The fourth-order valence-corrected chi connectivity index (χ4v) is 0. The normalized spacial score (nSPS) is 1.00. The van der Waals surface area contributed by atoms with Crippen molar-refractivity contribution >= 4 is 7.23 Å². The van der Waals surface area contributed by atoms with Crippen molar-refractivity contribution in [3.05, 3.63) is 0 Å². The van der Waals surface area contributed by atoms with Crippen LogP contribution in [0.4, 0.5) is 0 Å². The second-order valence-electron chi connectivity index (χ2n) is 0. The van der Waals surface area contributed by atoms with Gasteiger partial charge in [-0.15, -0.1) is 0 Å². The largest absolute Gasteiger partial charge is 0 e. The molecule has 1 unspecified atom stereocenters. The predicted molar refractivity (Wildman–Crippen MR) is 9.71 cm³/mol. The second kappa shape index (κ2) is 18.2. The Labute approximate surface area is 65.4 Å². The summed E-state index contributed by atoms with van der Waals surface area (Å²) < 4.78 is 0. The predicted octanol–water partition coefficient (Wildman–Crippen LogP) is 0.318. The monoisotopic (exact) mass is 238 g/mol. The zero-order valence-electron chi connectivity index (χ0n) is 1.84. The average molecular weight is 238 g/mol. The van der Waals surface area contributed by atoms with Crippen LogP contribution in [0.5, 0.6) is 0 Å². The van der Waals surface area contributed by atoms with Crippen molar-refractivity contribution in [1.82, 2.24) is 0 Å². The first-order chi connectivity index (χ1) is 1.00. The van der Waals surface area contributed by atoms with Gasteiger partial charge in [-0.1, -0.05) is 0 Å². The van der Waals surface area contributed by atoms with E-state index in [1.54, 1.807) is 0 Å². The third-order valence-electron chi connectivity index (χ3n) is 0. The fourth-order valence-electron chi connectivity index (χ4n) is 0. The van der Waals surface area contributed by atoms with Gasteiger partial charge >= 0.3 is 27.2 Å². The molecule has 0 aliphatic rings. The summed E-state index contributed by atoms with van der Waals surface area (Å²) >= 11 is 1.92. The van der Waals surface area contributed by atoms with Crippen LogP contribution in [0.3, 0.4) is 0 Å². The summed E-state index contributed by atoms with van der Waals surface area (Å²) in [6.07, 6.45) is 0. The Balaban J connectivity index is -0.00000000500. The Morgan fingerprint density at radius 2 is 1.25 bits per heavy atom. The van der Waals surface area contributed by atoms with Gasteiger partial charge in [0.05, 0.1) is 0 Å². The van der Waals surface area contributed by atoms with Gasteiger partial charge in [0.1, 0.15) is 0 Å². The zero-order valence-corrected chi connectivity index (χ0v) is 7.51. The minimum Gasteiger partial charge on any atom is 0 e. The van der Waals surface area contributed by atoms with E-state index >= 15 is 0 Å². The van der Waals surface area contributed by atoms with Crippen LogP contribution in [-0.4, -0.2) is 0 Å². The van der Waals surface area contributed by atoms with Crippen LogP contribution in [0.15, 0.2) is 0 Å². The van der Waals surface area contributed by atoms with Crippen molar-refractivity contribution in [2.24, 2.45) is 0 Å². The van der Waals surface area contributed by atoms with E-state index in [2.05, 4.69) is 7.23 Å². The molecule has 0 spiro atoms. The van der Waals surface area contributed by atoms with Gasteiger partial charge in [-0.3, -0.25) is 0 Å². The number of hydrogen-bond donors (Lipinski definition) is 0. The second-order valence-corrected chi connectivity index (χ2v) is 0. The summed E-state index contributed by atoms with van der Waals surface area (Å²) in [7, 11) is 2.42. The smallest absolute Gasteiger partial charge is 0 e. The maximum Gasteiger partial charge on any atom is 0 e. The van der Waals surface area contributed by atoms with Gasteiger partial charge in [0.2, 0.25) is 0 Å². The van der Waals surface area contributed by atoms with E-state index < -0.39 is 0 Å². The molecule has 0 nitrogen and oxygen atoms in total. The maximum atomic E-state index is 2.42. The standard InChI is InChI=1S/H2P.Pd.Ti.V/h1H2;;;/q-1;;+1;. The van der Waals surface area contributed by atoms with Crippen molar-refractivity contribution in [3.8, 4) is 0 Å². The SMILES string of the molecule is [PH2][Ti].[Pd].[V]. The quantitative estimate of drug-likeness (QED) is 0.421. The van der Waals surface area contributed by atoms with Crippen LogP contribution < -0.4 is 0 Å². The maximum absolute atomic E-state index is 2.42. The first-order valence-electron chi connectivity index (χ1n) is 0.289. The molecule has 0 aromatic heterocycles. The Kier molecular flexibility index (Phi) is 73.4. The van der Waals surface area contributed by atoms with Crippen molar-refractivity contribution in [3.63, 3.8) is 0 Å². The summed E-state index contributed by atoms with van der Waals surface area (Å²) in [5, 5.41) is 0. The summed E-state index contributed by atoms with van der Waals surface area (Å²) in [6.45, 7) is 0. The Morgan fingerprint density at radius 3 is 1.25 bits per heavy atom. The van der Waals surface area contributed by atoms with E-state index in [1.165, 1.54) is 0 Å². The molecule has 0 aliphatic carbocycles. The molecule has 0 amide bonds. The molecule has 0 saturated carbocycles. The van der Waals surface area contributed by atoms with Gasteiger partial charge in [0.25, 0.3) is 0 Å². The molecular weight excluding hydrogens is 236 g/mol. The van der Waals surface area contributed by atoms with Crippen molar-refractivity contribution in [2.45, 2.75) is 0 Å². The zero-order chi connectivity index (χ0) is 2.00. The van der Waals surface area contributed by atoms with E-state index in [4.69, 9.17) is 0 Å². The molecule has 26 valence electrons. The molecule has 1 atom stereocenters. The molecule has 0 aliphatic heterocycles. The van der Waals surface area contributed by atoms with Gasteiger partial charge < -0.3 is 0 Å². The molecule has 0 fully saturated rings. The molecule has 4 heavy (non-hydrogen) atoms. The molecule has 4 heteroatoms. The van der Waals surface area contributed by atoms with E-state index in [-0.39, 0.29) is 39.0 Å². The van der Waals surface area contributed by atoms with Crippen LogP contribution in [0.2, 0.25) is 0 Å². The van der Waals surface area contributed by atoms with Gasteiger partial charge in [0.15, 0.2) is 0 Å². The van der Waals surface area contributed by atoms with Gasteiger partial charge in [0, 0.05) is 39.0 Å². The summed E-state index contributed by atoms with van der Waals surface area (Å²) in [5.74, 6) is 0. The number of hydrogen-bond acceptors (Lipinski definition) is 0. The summed E-state index contributed by atoms with van der Waals surface area (Å²) in [4.78, 5) is 0. The van der Waals surface area contributed by atoms with Gasteiger partial charge in [-0.25, -0.2) is 0 Å². The minimum absolute atomic E-state index is 0. The van der Waals surface area contributed by atoms with Crippen LogP contribution in [0.25, 0.3) is 0 Å². The van der Waals surface area contributed by atoms with Gasteiger partial charge in [-0.05, 0) is 0 Å². The topological polar surface area (TPSA) is 0 Å². The third kappa shape index (κ3) is 8.83. The molecule has 0 N–H and O–H groups in total. The van der Waals surface area contributed by atoms with Gasteiger partial charge in [-0.2, -0.15) is 0 Å². The molecule has 0 heterocycles. The summed E-state index contributed by atoms with van der Waals surface area (Å²) in [6, 6.07) is 0. The molecule has 1 radical (unpaired) electrons. The molecule has 0 rings (SSSR count). The minimum atomic E-state index is 0. The van der Waals surface area contributed by atoms with Crippen LogP contribution >= 0.6 is 7.23 Å². The molecule has 0 aromatic carbocycles. The van der Waals surface area contributed by atoms with E-state index in [9.17, 15) is 0 Å². The first-order valence-corrected chi connectivity index (χ1v) is 3.57. The van der Waals surface area contributed by atoms with Crippen LogP contribution in [0, 0.1) is 0 Å². The molecule has 0 saturated heterocycles. The van der Waals surface area contributed by atoms with Crippen molar-refractivity contribution in [2.75, 3.05) is 0 Å².